The number of aliphatic hydroxyl groups excluding tert-OH is 1. The summed E-state index contributed by atoms with van der Waals surface area (Å²) < 4.78 is 2.01. The Labute approximate surface area is 120 Å². The molecule has 2 rings (SSSR count). The van der Waals surface area contributed by atoms with E-state index in [0.717, 1.165) is 23.1 Å². The summed E-state index contributed by atoms with van der Waals surface area (Å²) >= 11 is 1.94. The van der Waals surface area contributed by atoms with Gasteiger partial charge >= 0.3 is 0 Å². The van der Waals surface area contributed by atoms with Crippen molar-refractivity contribution in [1.82, 2.24) is 9.78 Å². The first-order valence-corrected chi connectivity index (χ1v) is 8.57. The lowest BCUT2D eigenvalue weighted by atomic mass is 10.2. The summed E-state index contributed by atoms with van der Waals surface area (Å²) in [5, 5.41) is 15.4. The summed E-state index contributed by atoms with van der Waals surface area (Å²) in [6.07, 6.45) is 8.94. The Bertz CT molecular complexity index is 374. The van der Waals surface area contributed by atoms with E-state index in [0.29, 0.717) is 12.5 Å². The average molecular weight is 282 g/mol. The second-order valence-corrected chi connectivity index (χ2v) is 6.98. The molecule has 0 aliphatic heterocycles. The van der Waals surface area contributed by atoms with Gasteiger partial charge in [0, 0.05) is 29.7 Å². The smallest absolute Gasteiger partial charge is 0.0686 e. The second kappa shape index (κ2) is 7.34. The highest BCUT2D eigenvalue weighted by molar-refractivity contribution is 7.99. The topological polar surface area (TPSA) is 38.0 Å². The highest BCUT2D eigenvalue weighted by atomic mass is 32.2. The van der Waals surface area contributed by atoms with E-state index in [2.05, 4.69) is 18.9 Å². The third-order valence-corrected chi connectivity index (χ3v) is 5.50. The predicted molar refractivity (Wildman–Crippen MR) is 81.7 cm³/mol. The zero-order chi connectivity index (χ0) is 13.7. The van der Waals surface area contributed by atoms with Gasteiger partial charge in [-0.05, 0) is 32.3 Å². The van der Waals surface area contributed by atoms with Gasteiger partial charge in [0.25, 0.3) is 0 Å². The van der Waals surface area contributed by atoms with Crippen LogP contribution in [0.15, 0.2) is 12.3 Å². The SMILES string of the molecule is CCC(C)n1ccc(CC(O)CSC2CCCC2)n1. The fourth-order valence-corrected chi connectivity index (χ4v) is 3.80. The van der Waals surface area contributed by atoms with Crippen LogP contribution in [0.4, 0.5) is 0 Å². The molecule has 2 atom stereocenters. The van der Waals surface area contributed by atoms with Gasteiger partial charge in [0.1, 0.15) is 0 Å². The largest absolute Gasteiger partial charge is 0.392 e. The average Bonchev–Trinajstić information content (AvgIpc) is 3.06. The molecular formula is C15H26N2OS. The highest BCUT2D eigenvalue weighted by Crippen LogP contribution is 2.29. The fourth-order valence-electron chi connectivity index (χ4n) is 2.52. The number of hydrogen-bond acceptors (Lipinski definition) is 3. The lowest BCUT2D eigenvalue weighted by Gasteiger charge is -2.13. The maximum Gasteiger partial charge on any atom is 0.0686 e. The minimum Gasteiger partial charge on any atom is -0.392 e. The summed E-state index contributed by atoms with van der Waals surface area (Å²) in [7, 11) is 0. The third-order valence-electron chi connectivity index (χ3n) is 3.98. The Balaban J connectivity index is 1.74. The van der Waals surface area contributed by atoms with Crippen LogP contribution >= 0.6 is 11.8 Å². The van der Waals surface area contributed by atoms with E-state index >= 15 is 0 Å². The maximum atomic E-state index is 10.1. The van der Waals surface area contributed by atoms with Crippen molar-refractivity contribution in [3.8, 4) is 0 Å². The Hall–Kier alpha value is -0.480. The summed E-state index contributed by atoms with van der Waals surface area (Å²) in [5.74, 6) is 0.848. The van der Waals surface area contributed by atoms with Crippen molar-refractivity contribution >= 4 is 11.8 Å². The number of hydrogen-bond donors (Lipinski definition) is 1. The van der Waals surface area contributed by atoms with Gasteiger partial charge in [0.05, 0.1) is 11.8 Å². The molecule has 0 aromatic carbocycles. The molecule has 1 aliphatic carbocycles. The monoisotopic (exact) mass is 282 g/mol. The molecule has 1 saturated carbocycles. The molecule has 1 N–H and O–H groups in total. The van der Waals surface area contributed by atoms with Crippen molar-refractivity contribution < 1.29 is 5.11 Å². The van der Waals surface area contributed by atoms with Crippen LogP contribution < -0.4 is 0 Å². The molecule has 0 amide bonds. The standard InChI is InChI=1S/C15H26N2OS/c1-3-12(2)17-9-8-13(16-17)10-14(18)11-19-15-6-4-5-7-15/h8-9,12,14-15,18H,3-7,10-11H2,1-2H3. The van der Waals surface area contributed by atoms with Crippen LogP contribution in [0.25, 0.3) is 0 Å². The molecule has 1 fully saturated rings. The second-order valence-electron chi connectivity index (χ2n) is 5.64. The Kier molecular flexibility index (Phi) is 5.76. The van der Waals surface area contributed by atoms with Crippen molar-refractivity contribution in [3.63, 3.8) is 0 Å². The predicted octanol–water partition coefficient (Wildman–Crippen LogP) is 3.43. The van der Waals surface area contributed by atoms with Crippen LogP contribution in [0.2, 0.25) is 0 Å². The number of thioether (sulfide) groups is 1. The van der Waals surface area contributed by atoms with Crippen LogP contribution in [0.1, 0.15) is 57.7 Å². The Morgan fingerprint density at radius 1 is 1.47 bits per heavy atom. The van der Waals surface area contributed by atoms with E-state index in [1.165, 1.54) is 25.7 Å². The van der Waals surface area contributed by atoms with Gasteiger partial charge in [-0.3, -0.25) is 4.68 Å². The molecule has 0 bridgehead atoms. The van der Waals surface area contributed by atoms with Crippen molar-refractivity contribution in [2.75, 3.05) is 5.75 Å². The lowest BCUT2D eigenvalue weighted by Crippen LogP contribution is -2.16. The summed E-state index contributed by atoms with van der Waals surface area (Å²) in [6, 6.07) is 2.48. The number of aliphatic hydroxyl groups is 1. The molecule has 2 unspecified atom stereocenters. The third kappa shape index (κ3) is 4.53. The van der Waals surface area contributed by atoms with E-state index < -0.39 is 0 Å². The van der Waals surface area contributed by atoms with Crippen LogP contribution in [-0.4, -0.2) is 32.0 Å². The van der Waals surface area contributed by atoms with E-state index in [9.17, 15) is 5.11 Å². The van der Waals surface area contributed by atoms with Crippen LogP contribution in [0.5, 0.6) is 0 Å². The highest BCUT2D eigenvalue weighted by Gasteiger charge is 2.17. The Morgan fingerprint density at radius 3 is 2.89 bits per heavy atom. The first-order chi connectivity index (χ1) is 9.19. The molecule has 0 saturated heterocycles. The summed E-state index contributed by atoms with van der Waals surface area (Å²) in [5.41, 5.74) is 1.01. The zero-order valence-electron chi connectivity index (χ0n) is 12.1. The molecular weight excluding hydrogens is 256 g/mol. The minimum absolute atomic E-state index is 0.258. The lowest BCUT2D eigenvalue weighted by molar-refractivity contribution is 0.198. The first kappa shape index (κ1) is 14.9. The number of rotatable bonds is 7. The molecule has 1 aliphatic rings. The molecule has 0 radical (unpaired) electrons. The van der Waals surface area contributed by atoms with Crippen molar-refractivity contribution in [3.05, 3.63) is 18.0 Å². The summed E-state index contributed by atoms with van der Waals surface area (Å²) in [6.45, 7) is 4.34. The van der Waals surface area contributed by atoms with Gasteiger partial charge in [0.2, 0.25) is 0 Å². The summed E-state index contributed by atoms with van der Waals surface area (Å²) in [4.78, 5) is 0. The molecule has 3 nitrogen and oxygen atoms in total. The number of nitrogens with zero attached hydrogens (tertiary/aromatic N) is 2. The molecule has 1 heterocycles. The van der Waals surface area contributed by atoms with Gasteiger partial charge in [-0.15, -0.1) is 0 Å². The minimum atomic E-state index is -0.258. The fraction of sp³-hybridized carbons (Fsp3) is 0.800. The first-order valence-electron chi connectivity index (χ1n) is 7.52. The van der Waals surface area contributed by atoms with Gasteiger partial charge in [-0.25, -0.2) is 0 Å². The van der Waals surface area contributed by atoms with Crippen molar-refractivity contribution in [2.45, 2.75) is 69.8 Å². The molecule has 1 aromatic rings. The maximum absolute atomic E-state index is 10.1. The van der Waals surface area contributed by atoms with Gasteiger partial charge in [0.15, 0.2) is 0 Å². The van der Waals surface area contributed by atoms with E-state index in [4.69, 9.17) is 0 Å². The van der Waals surface area contributed by atoms with E-state index in [-0.39, 0.29) is 6.10 Å². The molecule has 1 aromatic heterocycles. The van der Waals surface area contributed by atoms with Gasteiger partial charge < -0.3 is 5.11 Å². The van der Waals surface area contributed by atoms with Crippen molar-refractivity contribution in [1.29, 1.82) is 0 Å². The molecule has 0 spiro atoms. The van der Waals surface area contributed by atoms with Crippen LogP contribution in [0.3, 0.4) is 0 Å². The van der Waals surface area contributed by atoms with E-state index in [1.54, 1.807) is 0 Å². The number of aromatic nitrogens is 2. The van der Waals surface area contributed by atoms with E-state index in [1.807, 2.05) is 28.7 Å². The van der Waals surface area contributed by atoms with Crippen LogP contribution in [0, 0.1) is 0 Å². The van der Waals surface area contributed by atoms with Crippen LogP contribution in [-0.2, 0) is 6.42 Å². The van der Waals surface area contributed by atoms with Gasteiger partial charge in [-0.1, -0.05) is 19.8 Å². The molecule has 19 heavy (non-hydrogen) atoms. The Morgan fingerprint density at radius 2 is 2.21 bits per heavy atom. The normalized spacial score (nSPS) is 19.7. The molecule has 108 valence electrons. The van der Waals surface area contributed by atoms with Crippen molar-refractivity contribution in [2.24, 2.45) is 0 Å². The van der Waals surface area contributed by atoms with Gasteiger partial charge in [-0.2, -0.15) is 16.9 Å². The molecule has 4 heteroatoms. The quantitative estimate of drug-likeness (QED) is 0.832. The zero-order valence-corrected chi connectivity index (χ0v) is 12.9.